The molecule has 3 rings (SSSR count). The van der Waals surface area contributed by atoms with Gasteiger partial charge in [-0.15, -0.1) is 0 Å². The summed E-state index contributed by atoms with van der Waals surface area (Å²) in [4.78, 5) is 36.9. The number of ether oxygens (including phenoxy) is 2. The molecule has 0 saturated heterocycles. The van der Waals surface area contributed by atoms with Crippen molar-refractivity contribution in [3.8, 4) is 5.75 Å². The highest BCUT2D eigenvalue weighted by molar-refractivity contribution is 5.97. The van der Waals surface area contributed by atoms with Crippen LogP contribution in [0.25, 0.3) is 0 Å². The Labute approximate surface area is 203 Å². The van der Waals surface area contributed by atoms with E-state index in [0.717, 1.165) is 5.56 Å². The van der Waals surface area contributed by atoms with Crippen LogP contribution in [0, 0.1) is 5.82 Å². The fraction of sp³-hybridized carbons (Fsp3) is 0.222. The van der Waals surface area contributed by atoms with Crippen LogP contribution in [0.3, 0.4) is 0 Å². The van der Waals surface area contributed by atoms with E-state index < -0.39 is 36.8 Å². The second-order valence-electron chi connectivity index (χ2n) is 8.76. The molecule has 2 amide bonds. The Morgan fingerprint density at radius 2 is 1.43 bits per heavy atom. The lowest BCUT2D eigenvalue weighted by Gasteiger charge is -2.19. The maximum Gasteiger partial charge on any atom is 0.342 e. The third-order valence-corrected chi connectivity index (χ3v) is 4.98. The first kappa shape index (κ1) is 25.4. The summed E-state index contributed by atoms with van der Waals surface area (Å²) in [6, 6.07) is 19.3. The predicted molar refractivity (Wildman–Crippen MR) is 131 cm³/mol. The van der Waals surface area contributed by atoms with Gasteiger partial charge in [-0.3, -0.25) is 9.59 Å². The van der Waals surface area contributed by atoms with E-state index in [1.807, 2.05) is 12.1 Å². The Bertz CT molecular complexity index is 1200. The molecule has 0 aliphatic carbocycles. The molecule has 3 aromatic rings. The van der Waals surface area contributed by atoms with Gasteiger partial charge in [-0.2, -0.15) is 0 Å². The summed E-state index contributed by atoms with van der Waals surface area (Å²) >= 11 is 0. The van der Waals surface area contributed by atoms with E-state index in [1.165, 1.54) is 30.3 Å². The molecule has 0 saturated carbocycles. The van der Waals surface area contributed by atoms with Gasteiger partial charge in [0.1, 0.15) is 17.1 Å². The predicted octanol–water partition coefficient (Wildman–Crippen LogP) is 4.94. The van der Waals surface area contributed by atoms with E-state index in [-0.39, 0.29) is 22.4 Å². The molecule has 3 aromatic carbocycles. The van der Waals surface area contributed by atoms with Crippen molar-refractivity contribution in [2.24, 2.45) is 0 Å². The quantitative estimate of drug-likeness (QED) is 0.448. The summed E-state index contributed by atoms with van der Waals surface area (Å²) in [7, 11) is 0. The molecule has 0 bridgehead atoms. The molecule has 0 aliphatic rings. The highest BCUT2D eigenvalue weighted by atomic mass is 19.1. The van der Waals surface area contributed by atoms with Crippen LogP contribution in [-0.2, 0) is 19.7 Å². The molecule has 8 heteroatoms. The van der Waals surface area contributed by atoms with E-state index in [2.05, 4.69) is 31.4 Å². The minimum absolute atomic E-state index is 0.00799. The van der Waals surface area contributed by atoms with Crippen molar-refractivity contribution in [2.45, 2.75) is 26.2 Å². The number of para-hydroxylation sites is 2. The van der Waals surface area contributed by atoms with Crippen LogP contribution in [0.2, 0.25) is 0 Å². The van der Waals surface area contributed by atoms with Crippen molar-refractivity contribution in [1.29, 1.82) is 0 Å². The first-order valence-electron chi connectivity index (χ1n) is 11.0. The van der Waals surface area contributed by atoms with Crippen LogP contribution in [0.5, 0.6) is 5.75 Å². The van der Waals surface area contributed by atoms with Gasteiger partial charge in [0.25, 0.3) is 11.8 Å². The Morgan fingerprint density at radius 1 is 0.800 bits per heavy atom. The maximum absolute atomic E-state index is 13.7. The van der Waals surface area contributed by atoms with E-state index in [9.17, 15) is 18.8 Å². The number of amides is 2. The van der Waals surface area contributed by atoms with Crippen LogP contribution in [0.1, 0.15) is 36.7 Å². The molecular weight excluding hydrogens is 451 g/mol. The lowest BCUT2D eigenvalue weighted by atomic mass is 9.87. The number of hydrogen-bond acceptors (Lipinski definition) is 5. The van der Waals surface area contributed by atoms with Gasteiger partial charge < -0.3 is 20.1 Å². The van der Waals surface area contributed by atoms with E-state index in [4.69, 9.17) is 9.47 Å². The Morgan fingerprint density at radius 3 is 2.11 bits per heavy atom. The zero-order valence-electron chi connectivity index (χ0n) is 19.8. The first-order valence-corrected chi connectivity index (χ1v) is 11.0. The third kappa shape index (κ3) is 7.40. The molecule has 0 aliphatic heterocycles. The van der Waals surface area contributed by atoms with Crippen molar-refractivity contribution in [2.75, 3.05) is 23.8 Å². The van der Waals surface area contributed by atoms with Crippen molar-refractivity contribution in [3.05, 3.63) is 89.7 Å². The number of rotatable bonds is 8. The lowest BCUT2D eigenvalue weighted by Crippen LogP contribution is -2.23. The highest BCUT2D eigenvalue weighted by Crippen LogP contribution is 2.23. The summed E-state index contributed by atoms with van der Waals surface area (Å²) in [5, 5.41) is 5.07. The van der Waals surface area contributed by atoms with Crippen molar-refractivity contribution >= 4 is 29.2 Å². The zero-order chi connectivity index (χ0) is 25.4. The molecule has 7 nitrogen and oxygen atoms in total. The molecule has 2 N–H and O–H groups in total. The number of esters is 1. The zero-order valence-corrected chi connectivity index (χ0v) is 19.8. The summed E-state index contributed by atoms with van der Waals surface area (Å²) in [5.74, 6) is -2.36. The molecule has 0 aromatic heterocycles. The van der Waals surface area contributed by atoms with Gasteiger partial charge in [-0.25, -0.2) is 9.18 Å². The molecule has 35 heavy (non-hydrogen) atoms. The smallest absolute Gasteiger partial charge is 0.342 e. The molecular formula is C27H27FN2O5. The van der Waals surface area contributed by atoms with Crippen LogP contribution >= 0.6 is 0 Å². The van der Waals surface area contributed by atoms with Crippen molar-refractivity contribution in [1.82, 2.24) is 0 Å². The number of nitrogens with one attached hydrogen (secondary N) is 2. The topological polar surface area (TPSA) is 93.7 Å². The lowest BCUT2D eigenvalue weighted by molar-refractivity contribution is -0.119. The number of carbonyl (C=O) groups is 3. The second kappa shape index (κ2) is 11.3. The largest absolute Gasteiger partial charge is 0.483 e. The molecule has 0 fully saturated rings. The number of halogens is 1. The number of carbonyl (C=O) groups excluding carboxylic acids is 3. The number of anilines is 2. The minimum atomic E-state index is -0.784. The van der Waals surface area contributed by atoms with Crippen molar-refractivity contribution < 1.29 is 28.2 Å². The standard InChI is InChI=1S/C27H27FN2O5/c1-27(2,3)18-12-14-19(15-13-18)29-24(31)17-35-26(33)20-8-4-7-11-23(20)34-16-25(32)30-22-10-6-5-9-21(22)28/h4-15H,16-17H2,1-3H3,(H,29,31)(H,30,32). The third-order valence-electron chi connectivity index (χ3n) is 4.98. The summed E-state index contributed by atoms with van der Waals surface area (Å²) < 4.78 is 24.2. The first-order chi connectivity index (χ1) is 16.6. The normalized spacial score (nSPS) is 10.9. The molecule has 0 unspecified atom stereocenters. The monoisotopic (exact) mass is 478 g/mol. The van der Waals surface area contributed by atoms with Crippen LogP contribution < -0.4 is 15.4 Å². The average molecular weight is 479 g/mol. The summed E-state index contributed by atoms with van der Waals surface area (Å²) in [6.45, 7) is 5.33. The Kier molecular flexibility index (Phi) is 8.20. The summed E-state index contributed by atoms with van der Waals surface area (Å²) in [6.07, 6.45) is 0. The van der Waals surface area contributed by atoms with Gasteiger partial charge in [0.05, 0.1) is 5.69 Å². The van der Waals surface area contributed by atoms with E-state index in [0.29, 0.717) is 5.69 Å². The van der Waals surface area contributed by atoms with Gasteiger partial charge in [0, 0.05) is 5.69 Å². The Hall–Kier alpha value is -4.20. The van der Waals surface area contributed by atoms with Crippen LogP contribution in [0.4, 0.5) is 15.8 Å². The molecule has 0 atom stereocenters. The average Bonchev–Trinajstić information content (AvgIpc) is 2.82. The fourth-order valence-corrected chi connectivity index (χ4v) is 3.11. The van der Waals surface area contributed by atoms with Crippen LogP contribution in [0.15, 0.2) is 72.8 Å². The maximum atomic E-state index is 13.7. The van der Waals surface area contributed by atoms with E-state index >= 15 is 0 Å². The minimum Gasteiger partial charge on any atom is -0.483 e. The van der Waals surface area contributed by atoms with E-state index in [1.54, 1.807) is 30.3 Å². The SMILES string of the molecule is CC(C)(C)c1ccc(NC(=O)COC(=O)c2ccccc2OCC(=O)Nc2ccccc2F)cc1. The van der Waals surface area contributed by atoms with Crippen molar-refractivity contribution in [3.63, 3.8) is 0 Å². The fourth-order valence-electron chi connectivity index (χ4n) is 3.11. The number of benzene rings is 3. The molecule has 182 valence electrons. The van der Waals surface area contributed by atoms with Gasteiger partial charge in [-0.05, 0) is 47.4 Å². The number of hydrogen-bond donors (Lipinski definition) is 2. The molecule has 0 radical (unpaired) electrons. The van der Waals surface area contributed by atoms with Gasteiger partial charge in [0.15, 0.2) is 13.2 Å². The van der Waals surface area contributed by atoms with Gasteiger partial charge >= 0.3 is 5.97 Å². The highest BCUT2D eigenvalue weighted by Gasteiger charge is 2.17. The summed E-state index contributed by atoms with van der Waals surface area (Å²) in [5.41, 5.74) is 1.78. The Balaban J connectivity index is 1.53. The van der Waals surface area contributed by atoms with Gasteiger partial charge in [0.2, 0.25) is 0 Å². The second-order valence-corrected chi connectivity index (χ2v) is 8.76. The molecule has 0 spiro atoms. The van der Waals surface area contributed by atoms with Crippen LogP contribution in [-0.4, -0.2) is 31.0 Å². The van der Waals surface area contributed by atoms with Gasteiger partial charge in [-0.1, -0.05) is 57.2 Å². The molecule has 0 heterocycles.